The van der Waals surface area contributed by atoms with Gasteiger partial charge in [0.1, 0.15) is 5.60 Å². The van der Waals surface area contributed by atoms with Gasteiger partial charge in [-0.2, -0.15) is 0 Å². The van der Waals surface area contributed by atoms with Crippen LogP contribution < -0.4 is 0 Å². The van der Waals surface area contributed by atoms with Crippen molar-refractivity contribution in [3.05, 3.63) is 15.6 Å². The molecule has 0 radical (unpaired) electrons. The van der Waals surface area contributed by atoms with Crippen LogP contribution in [0.4, 0.5) is 4.79 Å². The number of carbonyl (C=O) groups excluding carboxylic acids is 2. The Morgan fingerprint density at radius 3 is 2.74 bits per heavy atom. The predicted molar refractivity (Wildman–Crippen MR) is 87.6 cm³/mol. The summed E-state index contributed by atoms with van der Waals surface area (Å²) in [5.74, 6) is 0.145. The van der Waals surface area contributed by atoms with Crippen molar-refractivity contribution >= 4 is 23.3 Å². The zero-order chi connectivity index (χ0) is 16.6. The second-order valence-corrected chi connectivity index (χ2v) is 7.85. The zero-order valence-corrected chi connectivity index (χ0v) is 14.7. The average molecular weight is 337 g/mol. The van der Waals surface area contributed by atoms with E-state index in [1.165, 1.54) is 0 Å². The van der Waals surface area contributed by atoms with E-state index in [2.05, 4.69) is 4.98 Å². The van der Waals surface area contributed by atoms with Crippen molar-refractivity contribution in [1.29, 1.82) is 0 Å². The summed E-state index contributed by atoms with van der Waals surface area (Å²) in [5.41, 5.74) is 0.552. The Balaban J connectivity index is 1.63. The van der Waals surface area contributed by atoms with Crippen molar-refractivity contribution in [2.24, 2.45) is 0 Å². The molecule has 7 heteroatoms. The number of amides is 2. The highest BCUT2D eigenvalue weighted by atomic mass is 32.1. The first-order chi connectivity index (χ1) is 10.9. The molecule has 2 amide bonds. The van der Waals surface area contributed by atoms with Gasteiger partial charge in [-0.15, -0.1) is 11.3 Å². The molecule has 3 rings (SSSR count). The number of nitrogens with zero attached hydrogens (tertiary/aromatic N) is 3. The van der Waals surface area contributed by atoms with E-state index in [-0.39, 0.29) is 12.0 Å². The lowest BCUT2D eigenvalue weighted by molar-refractivity contribution is -0.130. The maximum Gasteiger partial charge on any atom is 0.410 e. The lowest BCUT2D eigenvalue weighted by Crippen LogP contribution is -2.37. The summed E-state index contributed by atoms with van der Waals surface area (Å²) in [7, 11) is 1.76. The summed E-state index contributed by atoms with van der Waals surface area (Å²) in [6.07, 6.45) is 2.58. The number of hydrogen-bond acceptors (Lipinski definition) is 5. The third kappa shape index (κ3) is 3.34. The third-order valence-corrected chi connectivity index (χ3v) is 5.78. The fourth-order valence-corrected chi connectivity index (χ4v) is 4.38. The molecule has 1 atom stereocenters. The van der Waals surface area contributed by atoms with E-state index in [0.717, 1.165) is 41.4 Å². The van der Waals surface area contributed by atoms with Crippen LogP contribution in [0.25, 0.3) is 0 Å². The molecule has 2 aliphatic heterocycles. The summed E-state index contributed by atoms with van der Waals surface area (Å²) >= 11 is 1.60. The predicted octanol–water partition coefficient (Wildman–Crippen LogP) is 2.14. The van der Waals surface area contributed by atoms with Crippen LogP contribution in [0, 0.1) is 13.8 Å². The second kappa shape index (κ2) is 6.11. The van der Waals surface area contributed by atoms with Gasteiger partial charge in [0.25, 0.3) is 0 Å². The minimum atomic E-state index is -0.405. The first-order valence-electron chi connectivity index (χ1n) is 8.03. The monoisotopic (exact) mass is 337 g/mol. The van der Waals surface area contributed by atoms with Gasteiger partial charge in [0.2, 0.25) is 5.91 Å². The molecule has 0 aromatic carbocycles. The Morgan fingerprint density at radius 1 is 1.35 bits per heavy atom. The molecule has 0 N–H and O–H groups in total. The summed E-state index contributed by atoms with van der Waals surface area (Å²) in [5, 5.41) is 1.00. The van der Waals surface area contributed by atoms with Crippen LogP contribution >= 0.6 is 11.3 Å². The van der Waals surface area contributed by atoms with E-state index in [9.17, 15) is 9.59 Å². The van der Waals surface area contributed by atoms with Gasteiger partial charge >= 0.3 is 6.09 Å². The quantitative estimate of drug-likeness (QED) is 0.829. The molecule has 126 valence electrons. The van der Waals surface area contributed by atoms with Crippen LogP contribution in [0.3, 0.4) is 0 Å². The first kappa shape index (κ1) is 16.2. The molecule has 0 saturated carbocycles. The van der Waals surface area contributed by atoms with Gasteiger partial charge in [0.15, 0.2) is 0 Å². The first-order valence-corrected chi connectivity index (χ1v) is 8.85. The van der Waals surface area contributed by atoms with Gasteiger partial charge in [-0.1, -0.05) is 0 Å². The van der Waals surface area contributed by atoms with E-state index >= 15 is 0 Å². The number of hydrogen-bond donors (Lipinski definition) is 0. The molecular formula is C16H23N3O3S. The van der Waals surface area contributed by atoms with Crippen molar-refractivity contribution in [3.8, 4) is 0 Å². The minimum Gasteiger partial charge on any atom is -0.441 e. The molecule has 2 aliphatic rings. The SMILES string of the molecule is Cc1nc(C)c(CC(=O)N2CCCC3(CC2)CN(C)C(=O)O3)s1. The fraction of sp³-hybridized carbons (Fsp3) is 0.688. The van der Waals surface area contributed by atoms with Gasteiger partial charge in [0, 0.05) is 31.4 Å². The molecule has 1 aromatic rings. The minimum absolute atomic E-state index is 0.145. The Kier molecular flexibility index (Phi) is 4.31. The molecule has 1 spiro atoms. The van der Waals surface area contributed by atoms with Gasteiger partial charge in [0.05, 0.1) is 23.7 Å². The van der Waals surface area contributed by atoms with E-state index in [1.54, 1.807) is 23.3 Å². The van der Waals surface area contributed by atoms with Crippen LogP contribution in [0.2, 0.25) is 0 Å². The number of ether oxygens (including phenoxy) is 1. The molecule has 0 aliphatic carbocycles. The number of carbonyl (C=O) groups is 2. The smallest absolute Gasteiger partial charge is 0.410 e. The van der Waals surface area contributed by atoms with E-state index in [4.69, 9.17) is 4.74 Å². The Bertz CT molecular complexity index is 630. The Morgan fingerprint density at radius 2 is 2.13 bits per heavy atom. The average Bonchev–Trinajstić information content (AvgIpc) is 2.84. The van der Waals surface area contributed by atoms with Crippen LogP contribution in [0.15, 0.2) is 0 Å². The number of likely N-dealkylation sites (tertiary alicyclic amines) is 1. The second-order valence-electron chi connectivity index (χ2n) is 6.56. The maximum absolute atomic E-state index is 12.6. The zero-order valence-electron chi connectivity index (χ0n) is 13.9. The molecule has 1 unspecified atom stereocenters. The fourth-order valence-electron chi connectivity index (χ4n) is 3.46. The summed E-state index contributed by atoms with van der Waals surface area (Å²) < 4.78 is 5.59. The third-order valence-electron chi connectivity index (χ3n) is 4.70. The lowest BCUT2D eigenvalue weighted by Gasteiger charge is -2.25. The molecule has 23 heavy (non-hydrogen) atoms. The Hall–Kier alpha value is -1.63. The van der Waals surface area contributed by atoms with Gasteiger partial charge in [-0.25, -0.2) is 9.78 Å². The molecule has 6 nitrogen and oxygen atoms in total. The van der Waals surface area contributed by atoms with Crippen LogP contribution in [0.1, 0.15) is 34.8 Å². The highest BCUT2D eigenvalue weighted by Crippen LogP contribution is 2.32. The molecule has 2 fully saturated rings. The van der Waals surface area contributed by atoms with E-state index in [0.29, 0.717) is 19.5 Å². The van der Waals surface area contributed by atoms with Crippen molar-refractivity contribution in [1.82, 2.24) is 14.8 Å². The summed E-state index contributed by atoms with van der Waals surface area (Å²) in [6, 6.07) is 0. The van der Waals surface area contributed by atoms with Gasteiger partial charge < -0.3 is 14.5 Å². The highest BCUT2D eigenvalue weighted by Gasteiger charge is 2.44. The van der Waals surface area contributed by atoms with E-state index in [1.807, 2.05) is 18.7 Å². The Labute approximate surface area is 140 Å². The highest BCUT2D eigenvalue weighted by molar-refractivity contribution is 7.11. The molecule has 3 heterocycles. The number of aromatic nitrogens is 1. The number of likely N-dealkylation sites (N-methyl/N-ethyl adjacent to an activating group) is 1. The molecule has 1 aromatic heterocycles. The van der Waals surface area contributed by atoms with Gasteiger partial charge in [-0.3, -0.25) is 4.79 Å². The molecule has 2 saturated heterocycles. The summed E-state index contributed by atoms with van der Waals surface area (Å²) in [4.78, 5) is 33.3. The van der Waals surface area contributed by atoms with Crippen LogP contribution in [-0.4, -0.2) is 59.1 Å². The number of rotatable bonds is 2. The number of thiazole rings is 1. The normalized spacial score (nSPS) is 24.9. The van der Waals surface area contributed by atoms with E-state index < -0.39 is 5.60 Å². The lowest BCUT2D eigenvalue weighted by atomic mass is 9.95. The van der Waals surface area contributed by atoms with Gasteiger partial charge in [-0.05, 0) is 26.7 Å². The van der Waals surface area contributed by atoms with Crippen molar-refractivity contribution < 1.29 is 14.3 Å². The van der Waals surface area contributed by atoms with Crippen LogP contribution in [0.5, 0.6) is 0 Å². The topological polar surface area (TPSA) is 62.7 Å². The molecule has 0 bridgehead atoms. The maximum atomic E-state index is 12.6. The standard InChI is InChI=1S/C16H23N3O3S/c1-11-13(23-12(2)17-11)9-14(20)19-7-4-5-16(6-8-19)10-18(3)15(21)22-16/h4-10H2,1-3H3. The number of aryl methyl sites for hydroxylation is 2. The van der Waals surface area contributed by atoms with Crippen molar-refractivity contribution in [2.75, 3.05) is 26.7 Å². The van der Waals surface area contributed by atoms with Crippen LogP contribution in [-0.2, 0) is 16.0 Å². The summed E-state index contributed by atoms with van der Waals surface area (Å²) in [6.45, 7) is 5.93. The molecular weight excluding hydrogens is 314 g/mol. The van der Waals surface area contributed by atoms with Crippen molar-refractivity contribution in [2.45, 2.75) is 45.1 Å². The largest absolute Gasteiger partial charge is 0.441 e. The van der Waals surface area contributed by atoms with Crippen molar-refractivity contribution in [3.63, 3.8) is 0 Å².